The summed E-state index contributed by atoms with van der Waals surface area (Å²) in [6, 6.07) is 4.99. The summed E-state index contributed by atoms with van der Waals surface area (Å²) in [4.78, 5) is 18.0. The van der Waals surface area contributed by atoms with Crippen LogP contribution in [-0.4, -0.2) is 29.1 Å². The first-order chi connectivity index (χ1) is 11.0. The highest BCUT2D eigenvalue weighted by Crippen LogP contribution is 2.37. The van der Waals surface area contributed by atoms with Gasteiger partial charge in [0.25, 0.3) is 0 Å². The summed E-state index contributed by atoms with van der Waals surface area (Å²) in [6.45, 7) is 5.71. The van der Waals surface area contributed by atoms with Gasteiger partial charge >= 0.3 is 17.4 Å². The summed E-state index contributed by atoms with van der Waals surface area (Å²) in [5.74, 6) is 0.479. The summed E-state index contributed by atoms with van der Waals surface area (Å²) in [6.07, 6.45) is 1.13. The molecule has 0 saturated carbocycles. The Hall–Kier alpha value is -3.16. The molecule has 2 aromatic rings. The summed E-state index contributed by atoms with van der Waals surface area (Å²) in [5.41, 5.74) is 1.19. The number of ether oxygens (including phenoxy) is 3. The van der Waals surface area contributed by atoms with Crippen LogP contribution >= 0.6 is 0 Å². The molecule has 23 heavy (non-hydrogen) atoms. The van der Waals surface area contributed by atoms with Gasteiger partial charge in [-0.2, -0.15) is 9.97 Å². The number of benzene rings is 1. The van der Waals surface area contributed by atoms with Gasteiger partial charge in [-0.1, -0.05) is 6.58 Å². The van der Waals surface area contributed by atoms with Crippen LogP contribution in [0, 0.1) is 10.1 Å². The van der Waals surface area contributed by atoms with Crippen LogP contribution in [0.15, 0.2) is 31.1 Å². The quantitative estimate of drug-likeness (QED) is 0.596. The molecule has 0 unspecified atom stereocenters. The number of rotatable bonds is 6. The summed E-state index contributed by atoms with van der Waals surface area (Å²) in [7, 11) is 2.80. The van der Waals surface area contributed by atoms with Crippen molar-refractivity contribution in [1.29, 1.82) is 0 Å². The van der Waals surface area contributed by atoms with Gasteiger partial charge < -0.3 is 14.2 Å². The van der Waals surface area contributed by atoms with Crippen LogP contribution in [-0.2, 0) is 0 Å². The average Bonchev–Trinajstić information content (AvgIpc) is 2.53. The predicted octanol–water partition coefficient (Wildman–Crippen LogP) is 3.23. The molecule has 8 nitrogen and oxygen atoms in total. The minimum atomic E-state index is -0.659. The fraction of sp³-hybridized carbons (Fsp3) is 0.200. The minimum absolute atomic E-state index is 0.175. The summed E-state index contributed by atoms with van der Waals surface area (Å²) < 4.78 is 15.7. The van der Waals surface area contributed by atoms with Gasteiger partial charge in [0, 0.05) is 11.6 Å². The van der Waals surface area contributed by atoms with Crippen molar-refractivity contribution in [3.63, 3.8) is 0 Å². The van der Waals surface area contributed by atoms with E-state index in [1.54, 1.807) is 18.2 Å². The summed E-state index contributed by atoms with van der Waals surface area (Å²) >= 11 is 0. The molecular formula is C15H15N3O5. The van der Waals surface area contributed by atoms with E-state index in [1.165, 1.54) is 14.2 Å². The maximum absolute atomic E-state index is 11.2. The molecule has 120 valence electrons. The second-order valence-corrected chi connectivity index (χ2v) is 4.54. The van der Waals surface area contributed by atoms with Gasteiger partial charge in [0.15, 0.2) is 0 Å². The zero-order valence-electron chi connectivity index (χ0n) is 12.9. The third kappa shape index (κ3) is 3.37. The molecule has 0 aliphatic carbocycles. The third-order valence-electron chi connectivity index (χ3n) is 2.98. The van der Waals surface area contributed by atoms with E-state index in [0.29, 0.717) is 11.5 Å². The van der Waals surface area contributed by atoms with Crippen molar-refractivity contribution in [2.75, 3.05) is 14.2 Å². The first-order valence-corrected chi connectivity index (χ1v) is 6.53. The summed E-state index contributed by atoms with van der Waals surface area (Å²) in [5, 5.41) is 11.2. The number of nitrogens with zero attached hydrogens (tertiary/aromatic N) is 3. The van der Waals surface area contributed by atoms with E-state index in [2.05, 4.69) is 16.5 Å². The first kappa shape index (κ1) is 16.2. The first-order valence-electron chi connectivity index (χ1n) is 6.53. The van der Waals surface area contributed by atoms with Crippen molar-refractivity contribution >= 4 is 11.3 Å². The SMILES string of the molecule is C=C(C)c1ccc(Oc2ncnc(OC)c2[N+](=O)[O-])cc1OC. The van der Waals surface area contributed by atoms with Crippen molar-refractivity contribution in [3.8, 4) is 23.3 Å². The molecule has 0 radical (unpaired) electrons. The Morgan fingerprint density at radius 2 is 1.91 bits per heavy atom. The lowest BCUT2D eigenvalue weighted by Gasteiger charge is -2.11. The van der Waals surface area contributed by atoms with E-state index in [0.717, 1.165) is 17.5 Å². The lowest BCUT2D eigenvalue weighted by Crippen LogP contribution is -2.01. The molecule has 0 N–H and O–H groups in total. The van der Waals surface area contributed by atoms with Crippen LogP contribution in [0.4, 0.5) is 5.69 Å². The Kier molecular flexibility index (Phi) is 4.75. The van der Waals surface area contributed by atoms with Crippen molar-refractivity contribution in [3.05, 3.63) is 46.8 Å². The predicted molar refractivity (Wildman–Crippen MR) is 83.0 cm³/mol. The molecule has 0 amide bonds. The van der Waals surface area contributed by atoms with Crippen LogP contribution in [0.1, 0.15) is 12.5 Å². The third-order valence-corrected chi connectivity index (χ3v) is 2.98. The van der Waals surface area contributed by atoms with E-state index in [9.17, 15) is 10.1 Å². The number of hydrogen-bond donors (Lipinski definition) is 0. The van der Waals surface area contributed by atoms with Gasteiger partial charge in [0.05, 0.1) is 19.1 Å². The van der Waals surface area contributed by atoms with Gasteiger partial charge in [0.1, 0.15) is 17.8 Å². The smallest absolute Gasteiger partial charge is 0.392 e. The Morgan fingerprint density at radius 1 is 1.22 bits per heavy atom. The van der Waals surface area contributed by atoms with Crippen molar-refractivity contribution in [2.24, 2.45) is 0 Å². The van der Waals surface area contributed by atoms with Gasteiger partial charge in [-0.25, -0.2) is 0 Å². The van der Waals surface area contributed by atoms with E-state index in [1.807, 2.05) is 6.92 Å². The fourth-order valence-electron chi connectivity index (χ4n) is 1.93. The molecule has 1 aromatic heterocycles. The largest absolute Gasteiger partial charge is 0.496 e. The Morgan fingerprint density at radius 3 is 2.48 bits per heavy atom. The zero-order chi connectivity index (χ0) is 17.0. The highest BCUT2D eigenvalue weighted by molar-refractivity contribution is 5.68. The van der Waals surface area contributed by atoms with Crippen LogP contribution in [0.2, 0.25) is 0 Å². The highest BCUT2D eigenvalue weighted by Gasteiger charge is 2.26. The van der Waals surface area contributed by atoms with Gasteiger partial charge in [-0.05, 0) is 24.6 Å². The fourth-order valence-corrected chi connectivity index (χ4v) is 1.93. The molecule has 0 aliphatic heterocycles. The lowest BCUT2D eigenvalue weighted by molar-refractivity contribution is -0.387. The maximum Gasteiger partial charge on any atom is 0.392 e. The van der Waals surface area contributed by atoms with Crippen LogP contribution < -0.4 is 14.2 Å². The Bertz CT molecular complexity index is 761. The molecular weight excluding hydrogens is 302 g/mol. The molecule has 0 spiro atoms. The molecule has 0 bridgehead atoms. The highest BCUT2D eigenvalue weighted by atomic mass is 16.6. The van der Waals surface area contributed by atoms with E-state index < -0.39 is 10.6 Å². The standard InChI is InChI=1S/C15H15N3O5/c1-9(2)11-6-5-10(7-12(11)21-3)23-15-13(18(19)20)14(22-4)16-8-17-15/h5-8H,1H2,2-4H3. The maximum atomic E-state index is 11.2. The molecule has 2 rings (SSSR count). The molecule has 0 atom stereocenters. The molecule has 0 saturated heterocycles. The van der Waals surface area contributed by atoms with Crippen LogP contribution in [0.25, 0.3) is 5.57 Å². The van der Waals surface area contributed by atoms with Crippen molar-refractivity contribution in [1.82, 2.24) is 9.97 Å². The van der Waals surface area contributed by atoms with Gasteiger partial charge in [0.2, 0.25) is 0 Å². The molecule has 1 heterocycles. The number of aromatic nitrogens is 2. The second kappa shape index (κ2) is 6.73. The number of allylic oxidation sites excluding steroid dienone is 1. The van der Waals surface area contributed by atoms with E-state index >= 15 is 0 Å². The van der Waals surface area contributed by atoms with Crippen molar-refractivity contribution in [2.45, 2.75) is 6.92 Å². The topological polar surface area (TPSA) is 96.6 Å². The van der Waals surface area contributed by atoms with E-state index in [4.69, 9.17) is 14.2 Å². The van der Waals surface area contributed by atoms with Crippen LogP contribution in [0.5, 0.6) is 23.3 Å². The Labute approximate surface area is 132 Å². The normalized spacial score (nSPS) is 10.0. The number of nitro groups is 1. The Balaban J connectivity index is 2.44. The van der Waals surface area contributed by atoms with Crippen LogP contribution in [0.3, 0.4) is 0 Å². The van der Waals surface area contributed by atoms with Gasteiger partial charge in [-0.3, -0.25) is 10.1 Å². The molecule has 8 heteroatoms. The van der Waals surface area contributed by atoms with E-state index in [-0.39, 0.29) is 11.8 Å². The zero-order valence-corrected chi connectivity index (χ0v) is 12.9. The minimum Gasteiger partial charge on any atom is -0.496 e. The molecule has 1 aromatic carbocycles. The monoisotopic (exact) mass is 317 g/mol. The molecule has 0 fully saturated rings. The van der Waals surface area contributed by atoms with Gasteiger partial charge in [-0.15, -0.1) is 0 Å². The average molecular weight is 317 g/mol. The number of hydrogen-bond acceptors (Lipinski definition) is 7. The lowest BCUT2D eigenvalue weighted by atomic mass is 10.1. The molecule has 0 aliphatic rings. The second-order valence-electron chi connectivity index (χ2n) is 4.54. The number of methoxy groups -OCH3 is 2. The van der Waals surface area contributed by atoms with Crippen molar-refractivity contribution < 1.29 is 19.1 Å².